The van der Waals surface area contributed by atoms with Crippen LogP contribution in [0.5, 0.6) is 0 Å². The van der Waals surface area contributed by atoms with Gasteiger partial charge in [0.2, 0.25) is 5.91 Å². The van der Waals surface area contributed by atoms with Gasteiger partial charge < -0.3 is 15.3 Å². The molecule has 6 nitrogen and oxygen atoms in total. The van der Waals surface area contributed by atoms with Crippen molar-refractivity contribution in [2.45, 2.75) is 38.6 Å². The quantitative estimate of drug-likeness (QED) is 0.773. The largest absolute Gasteiger partial charge is 0.481 e. The van der Waals surface area contributed by atoms with Crippen molar-refractivity contribution in [2.24, 2.45) is 0 Å². The van der Waals surface area contributed by atoms with Crippen LogP contribution in [0.15, 0.2) is 48.5 Å². The van der Waals surface area contributed by atoms with Crippen LogP contribution in [0.25, 0.3) is 0 Å². The van der Waals surface area contributed by atoms with Crippen molar-refractivity contribution in [3.05, 3.63) is 65.2 Å². The lowest BCUT2D eigenvalue weighted by molar-refractivity contribution is -0.137. The summed E-state index contributed by atoms with van der Waals surface area (Å²) in [6, 6.07) is 14.8. The Labute approximate surface area is 164 Å². The Hall–Kier alpha value is -3.15. The van der Waals surface area contributed by atoms with Gasteiger partial charge in [-0.25, -0.2) is 0 Å². The highest BCUT2D eigenvalue weighted by atomic mass is 16.4. The van der Waals surface area contributed by atoms with Crippen molar-refractivity contribution in [2.75, 3.05) is 11.4 Å². The van der Waals surface area contributed by atoms with E-state index in [1.165, 1.54) is 6.92 Å². The smallest absolute Gasteiger partial charge is 0.303 e. The van der Waals surface area contributed by atoms with E-state index in [4.69, 9.17) is 5.11 Å². The van der Waals surface area contributed by atoms with Crippen LogP contribution in [0, 0.1) is 0 Å². The Balaban J connectivity index is 1.72. The second-order valence-electron chi connectivity index (χ2n) is 7.06. The second-order valence-corrected chi connectivity index (χ2v) is 7.06. The fraction of sp³-hybridized carbons (Fsp3) is 0.318. The highest BCUT2D eigenvalue weighted by molar-refractivity contribution is 5.98. The van der Waals surface area contributed by atoms with E-state index in [9.17, 15) is 14.4 Å². The molecule has 146 valence electrons. The second kappa shape index (κ2) is 8.69. The summed E-state index contributed by atoms with van der Waals surface area (Å²) in [6.07, 6.45) is 1.65. The minimum atomic E-state index is -0.880. The Kier molecular flexibility index (Phi) is 6.09. The molecule has 1 aliphatic heterocycles. The third-order valence-corrected chi connectivity index (χ3v) is 4.98. The first kappa shape index (κ1) is 19.6. The normalized spacial score (nSPS) is 13.7. The van der Waals surface area contributed by atoms with E-state index in [1.54, 1.807) is 11.0 Å². The molecular formula is C22H24N2O4. The van der Waals surface area contributed by atoms with Gasteiger partial charge in [0.15, 0.2) is 0 Å². The number of anilines is 1. The molecule has 0 aliphatic carbocycles. The van der Waals surface area contributed by atoms with E-state index < -0.39 is 5.97 Å². The Morgan fingerprint density at radius 1 is 1.14 bits per heavy atom. The number of rotatable bonds is 7. The zero-order chi connectivity index (χ0) is 20.1. The number of amides is 2. The van der Waals surface area contributed by atoms with Gasteiger partial charge in [-0.2, -0.15) is 0 Å². The number of hydrogen-bond donors (Lipinski definition) is 2. The third-order valence-electron chi connectivity index (χ3n) is 4.98. The van der Waals surface area contributed by atoms with Crippen LogP contribution in [-0.2, 0) is 22.4 Å². The minimum absolute atomic E-state index is 0.00442. The van der Waals surface area contributed by atoms with Crippen LogP contribution >= 0.6 is 0 Å². The van der Waals surface area contributed by atoms with Crippen molar-refractivity contribution in [3.8, 4) is 0 Å². The third kappa shape index (κ3) is 4.76. The van der Waals surface area contributed by atoms with Gasteiger partial charge in [0.1, 0.15) is 0 Å². The molecule has 3 rings (SSSR count). The molecule has 2 aromatic carbocycles. The van der Waals surface area contributed by atoms with Crippen molar-refractivity contribution in [1.82, 2.24) is 5.32 Å². The zero-order valence-corrected chi connectivity index (χ0v) is 15.9. The van der Waals surface area contributed by atoms with Gasteiger partial charge in [0.05, 0.1) is 0 Å². The van der Waals surface area contributed by atoms with Gasteiger partial charge in [-0.3, -0.25) is 14.4 Å². The molecule has 2 aromatic rings. The first-order valence-electron chi connectivity index (χ1n) is 9.41. The maximum Gasteiger partial charge on any atom is 0.303 e. The summed E-state index contributed by atoms with van der Waals surface area (Å²) in [5.41, 5.74) is 3.41. The number of carbonyl (C=O) groups excluding carboxylic acids is 2. The van der Waals surface area contributed by atoms with E-state index >= 15 is 0 Å². The van der Waals surface area contributed by atoms with Crippen LogP contribution in [0.4, 0.5) is 5.69 Å². The van der Waals surface area contributed by atoms with Crippen molar-refractivity contribution in [3.63, 3.8) is 0 Å². The lowest BCUT2D eigenvalue weighted by Crippen LogP contribution is -2.37. The first-order chi connectivity index (χ1) is 13.4. The lowest BCUT2D eigenvalue weighted by Gasteiger charge is -2.19. The van der Waals surface area contributed by atoms with Gasteiger partial charge in [-0.05, 0) is 48.6 Å². The molecule has 1 atom stereocenters. The summed E-state index contributed by atoms with van der Waals surface area (Å²) in [4.78, 5) is 37.1. The predicted octanol–water partition coefficient (Wildman–Crippen LogP) is 2.80. The molecule has 0 aromatic heterocycles. The topological polar surface area (TPSA) is 86.7 Å². The van der Waals surface area contributed by atoms with Crippen LogP contribution in [0.3, 0.4) is 0 Å². The van der Waals surface area contributed by atoms with Crippen LogP contribution in [0.2, 0.25) is 0 Å². The highest BCUT2D eigenvalue weighted by Gasteiger charge is 2.24. The van der Waals surface area contributed by atoms with Crippen molar-refractivity contribution in [1.29, 1.82) is 0 Å². The number of carboxylic acids is 1. The molecule has 2 amide bonds. The molecule has 1 heterocycles. The number of nitrogens with zero attached hydrogens (tertiary/aromatic N) is 1. The number of hydrogen-bond acceptors (Lipinski definition) is 3. The predicted molar refractivity (Wildman–Crippen MR) is 106 cm³/mol. The maximum atomic E-state index is 12.8. The molecule has 2 N–H and O–H groups in total. The van der Waals surface area contributed by atoms with E-state index in [-0.39, 0.29) is 24.3 Å². The average Bonchev–Trinajstić information content (AvgIpc) is 3.10. The van der Waals surface area contributed by atoms with Gasteiger partial charge in [-0.1, -0.05) is 30.3 Å². The van der Waals surface area contributed by atoms with E-state index in [0.29, 0.717) is 24.9 Å². The summed E-state index contributed by atoms with van der Waals surface area (Å²) in [7, 11) is 0. The van der Waals surface area contributed by atoms with E-state index in [0.717, 1.165) is 23.2 Å². The summed E-state index contributed by atoms with van der Waals surface area (Å²) in [5.74, 6) is -1.11. The lowest BCUT2D eigenvalue weighted by atomic mass is 10.0. The van der Waals surface area contributed by atoms with Crippen LogP contribution < -0.4 is 10.2 Å². The van der Waals surface area contributed by atoms with Gasteiger partial charge in [-0.15, -0.1) is 0 Å². The minimum Gasteiger partial charge on any atom is -0.481 e. The molecule has 1 aliphatic rings. The Morgan fingerprint density at radius 2 is 1.89 bits per heavy atom. The molecule has 0 radical (unpaired) electrons. The Bertz CT molecular complexity index is 879. The number of benzene rings is 2. The fourth-order valence-electron chi connectivity index (χ4n) is 3.56. The maximum absolute atomic E-state index is 12.8. The number of carboxylic acid groups (broad SMARTS) is 1. The fourth-order valence-corrected chi connectivity index (χ4v) is 3.56. The molecule has 0 spiro atoms. The molecule has 0 saturated carbocycles. The molecule has 28 heavy (non-hydrogen) atoms. The monoisotopic (exact) mass is 380 g/mol. The zero-order valence-electron chi connectivity index (χ0n) is 15.9. The average molecular weight is 380 g/mol. The standard InChI is InChI=1S/C22H24N2O4/c1-15(25)24-12-11-17-14-18(7-9-20(17)24)22(28)23-19(8-10-21(26)27)13-16-5-3-2-4-6-16/h2-7,9,14,19H,8,10-13H2,1H3,(H,23,28)(H,26,27). The molecular weight excluding hydrogens is 356 g/mol. The summed E-state index contributed by atoms with van der Waals surface area (Å²) in [6.45, 7) is 2.16. The number of aliphatic carboxylic acids is 1. The summed E-state index contributed by atoms with van der Waals surface area (Å²) < 4.78 is 0. The molecule has 0 saturated heterocycles. The van der Waals surface area contributed by atoms with Gasteiger partial charge >= 0.3 is 5.97 Å². The Morgan fingerprint density at radius 3 is 2.57 bits per heavy atom. The molecule has 6 heteroatoms. The molecule has 1 unspecified atom stereocenters. The number of carbonyl (C=O) groups is 3. The number of nitrogens with one attached hydrogen (secondary N) is 1. The van der Waals surface area contributed by atoms with Crippen LogP contribution in [-0.4, -0.2) is 35.5 Å². The van der Waals surface area contributed by atoms with Crippen molar-refractivity contribution >= 4 is 23.5 Å². The highest BCUT2D eigenvalue weighted by Crippen LogP contribution is 2.29. The molecule has 0 fully saturated rings. The summed E-state index contributed by atoms with van der Waals surface area (Å²) in [5, 5.41) is 12.0. The van der Waals surface area contributed by atoms with E-state index in [1.807, 2.05) is 42.5 Å². The van der Waals surface area contributed by atoms with Crippen molar-refractivity contribution < 1.29 is 19.5 Å². The summed E-state index contributed by atoms with van der Waals surface area (Å²) >= 11 is 0. The van der Waals surface area contributed by atoms with Gasteiger partial charge in [0.25, 0.3) is 5.91 Å². The van der Waals surface area contributed by atoms with E-state index in [2.05, 4.69) is 5.32 Å². The first-order valence-corrected chi connectivity index (χ1v) is 9.41. The SMILES string of the molecule is CC(=O)N1CCc2cc(C(=O)NC(CCC(=O)O)Cc3ccccc3)ccc21. The van der Waals surface area contributed by atoms with Crippen LogP contribution in [0.1, 0.15) is 41.3 Å². The molecule has 0 bridgehead atoms. The van der Waals surface area contributed by atoms with Gasteiger partial charge in [0, 0.05) is 37.2 Å². The number of fused-ring (bicyclic) bond motifs is 1.